The lowest BCUT2D eigenvalue weighted by Gasteiger charge is -2.12. The highest BCUT2D eigenvalue weighted by molar-refractivity contribution is 7.17. The van der Waals surface area contributed by atoms with Crippen LogP contribution in [-0.4, -0.2) is 22.2 Å². The summed E-state index contributed by atoms with van der Waals surface area (Å²) >= 11 is 7.35. The molecule has 0 bridgehead atoms. The molecule has 0 radical (unpaired) electrons. The molecule has 0 aliphatic heterocycles. The first-order valence-electron chi connectivity index (χ1n) is 8.80. The van der Waals surface area contributed by atoms with Gasteiger partial charge in [0.25, 0.3) is 5.56 Å². The van der Waals surface area contributed by atoms with Crippen LogP contribution in [0.4, 0.5) is 5.69 Å². The third-order valence-electron chi connectivity index (χ3n) is 4.31. The molecule has 0 spiro atoms. The van der Waals surface area contributed by atoms with E-state index in [1.165, 1.54) is 27.6 Å². The van der Waals surface area contributed by atoms with Crippen LogP contribution in [-0.2, 0) is 17.9 Å². The van der Waals surface area contributed by atoms with Gasteiger partial charge in [0, 0.05) is 12.2 Å². The second-order valence-corrected chi connectivity index (χ2v) is 7.53. The van der Waals surface area contributed by atoms with Crippen molar-refractivity contribution in [1.29, 1.82) is 0 Å². The molecular formula is C19H20ClN3O4S. The van der Waals surface area contributed by atoms with Crippen LogP contribution in [0.3, 0.4) is 0 Å². The average Bonchev–Trinajstić information content (AvgIpc) is 3.15. The van der Waals surface area contributed by atoms with Crippen LogP contribution in [0.1, 0.15) is 19.8 Å². The summed E-state index contributed by atoms with van der Waals surface area (Å²) in [7, 11) is 1.51. The van der Waals surface area contributed by atoms with E-state index in [0.29, 0.717) is 39.6 Å². The number of carbonyl (C=O) groups is 1. The van der Waals surface area contributed by atoms with E-state index in [4.69, 9.17) is 16.3 Å². The van der Waals surface area contributed by atoms with Crippen molar-refractivity contribution >= 4 is 44.7 Å². The molecule has 28 heavy (non-hydrogen) atoms. The van der Waals surface area contributed by atoms with Gasteiger partial charge in [0.05, 0.1) is 17.6 Å². The molecule has 0 aliphatic carbocycles. The third kappa shape index (κ3) is 3.98. The van der Waals surface area contributed by atoms with E-state index < -0.39 is 11.6 Å². The Bertz CT molecular complexity index is 1130. The predicted octanol–water partition coefficient (Wildman–Crippen LogP) is 3.33. The Morgan fingerprint density at radius 3 is 2.71 bits per heavy atom. The number of hydrogen-bond acceptors (Lipinski definition) is 5. The van der Waals surface area contributed by atoms with Crippen LogP contribution < -0.4 is 21.3 Å². The molecule has 2 aromatic heterocycles. The minimum atomic E-state index is -0.479. The second kappa shape index (κ2) is 8.62. The van der Waals surface area contributed by atoms with Crippen LogP contribution in [0.5, 0.6) is 5.75 Å². The van der Waals surface area contributed by atoms with Crippen LogP contribution in [0.2, 0.25) is 5.02 Å². The van der Waals surface area contributed by atoms with Crippen molar-refractivity contribution in [2.75, 3.05) is 12.4 Å². The fourth-order valence-electron chi connectivity index (χ4n) is 2.89. The van der Waals surface area contributed by atoms with Crippen LogP contribution in [0.25, 0.3) is 10.2 Å². The Labute approximate surface area is 170 Å². The van der Waals surface area contributed by atoms with E-state index >= 15 is 0 Å². The Kier molecular flexibility index (Phi) is 6.21. The molecule has 0 saturated heterocycles. The lowest BCUT2D eigenvalue weighted by molar-refractivity contribution is -0.116. The summed E-state index contributed by atoms with van der Waals surface area (Å²) in [5.41, 5.74) is 0.176. The number of methoxy groups -OCH3 is 1. The number of anilines is 1. The molecule has 1 aromatic carbocycles. The van der Waals surface area contributed by atoms with E-state index in [-0.39, 0.29) is 12.1 Å². The number of ether oxygens (including phenoxy) is 1. The highest BCUT2D eigenvalue weighted by Gasteiger charge is 2.16. The average molecular weight is 422 g/mol. The number of halogens is 1. The monoisotopic (exact) mass is 421 g/mol. The first-order chi connectivity index (χ1) is 13.5. The normalized spacial score (nSPS) is 11.0. The zero-order valence-corrected chi connectivity index (χ0v) is 17.1. The maximum absolute atomic E-state index is 12.8. The van der Waals surface area contributed by atoms with Gasteiger partial charge in [0.2, 0.25) is 5.91 Å². The molecular weight excluding hydrogens is 402 g/mol. The van der Waals surface area contributed by atoms with Crippen molar-refractivity contribution in [3.63, 3.8) is 0 Å². The number of carbonyl (C=O) groups excluding carboxylic acids is 1. The van der Waals surface area contributed by atoms with Gasteiger partial charge in [-0.2, -0.15) is 0 Å². The molecule has 3 aromatic rings. The topological polar surface area (TPSA) is 82.3 Å². The number of nitrogens with zero attached hydrogens (tertiary/aromatic N) is 2. The van der Waals surface area contributed by atoms with Crippen LogP contribution in [0, 0.1) is 0 Å². The number of rotatable bonds is 7. The molecule has 2 heterocycles. The summed E-state index contributed by atoms with van der Waals surface area (Å²) in [5.74, 6) is 0.107. The number of thiophene rings is 1. The molecule has 0 fully saturated rings. The van der Waals surface area contributed by atoms with Gasteiger partial charge in [-0.25, -0.2) is 4.79 Å². The molecule has 1 N–H and O–H groups in total. The molecule has 0 unspecified atom stereocenters. The van der Waals surface area contributed by atoms with Crippen molar-refractivity contribution < 1.29 is 9.53 Å². The highest BCUT2D eigenvalue weighted by atomic mass is 35.5. The fraction of sp³-hybridized carbons (Fsp3) is 0.316. The Hall–Kier alpha value is -2.58. The Morgan fingerprint density at radius 1 is 1.25 bits per heavy atom. The lowest BCUT2D eigenvalue weighted by atomic mass is 10.3. The van der Waals surface area contributed by atoms with Crippen molar-refractivity contribution in [3.8, 4) is 5.75 Å². The fourth-order valence-corrected chi connectivity index (χ4v) is 3.99. The minimum absolute atomic E-state index is 0.206. The van der Waals surface area contributed by atoms with Crippen LogP contribution >= 0.6 is 22.9 Å². The van der Waals surface area contributed by atoms with Gasteiger partial charge >= 0.3 is 5.69 Å². The number of aromatic nitrogens is 2. The van der Waals surface area contributed by atoms with Crippen molar-refractivity contribution in [2.45, 2.75) is 32.9 Å². The zero-order chi connectivity index (χ0) is 20.3. The van der Waals surface area contributed by atoms with E-state index in [1.807, 2.05) is 6.92 Å². The van der Waals surface area contributed by atoms with Crippen molar-refractivity contribution in [2.24, 2.45) is 0 Å². The number of amides is 1. The summed E-state index contributed by atoms with van der Waals surface area (Å²) in [4.78, 5) is 38.0. The Morgan fingerprint density at radius 2 is 2.04 bits per heavy atom. The first kappa shape index (κ1) is 20.2. The first-order valence-corrected chi connectivity index (χ1v) is 10.1. The van der Waals surface area contributed by atoms with E-state index in [9.17, 15) is 14.4 Å². The van der Waals surface area contributed by atoms with Crippen molar-refractivity contribution in [3.05, 3.63) is 55.5 Å². The van der Waals surface area contributed by atoms with Gasteiger partial charge in [-0.3, -0.25) is 18.7 Å². The molecule has 1 amide bonds. The van der Waals surface area contributed by atoms with Gasteiger partial charge in [0.15, 0.2) is 0 Å². The molecule has 148 valence electrons. The summed E-state index contributed by atoms with van der Waals surface area (Å²) < 4.78 is 8.10. The van der Waals surface area contributed by atoms with E-state index in [1.54, 1.807) is 29.6 Å². The van der Waals surface area contributed by atoms with Crippen molar-refractivity contribution in [1.82, 2.24) is 9.13 Å². The lowest BCUT2D eigenvalue weighted by Crippen LogP contribution is -2.41. The molecule has 0 saturated carbocycles. The molecule has 9 heteroatoms. The number of benzene rings is 1. The van der Waals surface area contributed by atoms with Gasteiger partial charge in [0.1, 0.15) is 17.0 Å². The number of fused-ring (bicyclic) bond motifs is 1. The maximum Gasteiger partial charge on any atom is 0.332 e. The van der Waals surface area contributed by atoms with E-state index in [2.05, 4.69) is 5.32 Å². The van der Waals surface area contributed by atoms with Gasteiger partial charge in [-0.15, -0.1) is 11.3 Å². The molecule has 7 nitrogen and oxygen atoms in total. The standard InChI is InChI=1S/C19H20ClN3O4S/c1-3-4-8-22-18(25)17-14(7-9-28-17)23(19(22)26)11-16(24)21-12-5-6-15(27-2)13(20)10-12/h5-7,9-10H,3-4,8,11H2,1-2H3,(H,21,24). The molecule has 0 atom stereocenters. The molecule has 0 aliphatic rings. The zero-order valence-electron chi connectivity index (χ0n) is 15.5. The SMILES string of the molecule is CCCCn1c(=O)c2sccc2n(CC(=O)Nc2ccc(OC)c(Cl)c2)c1=O. The summed E-state index contributed by atoms with van der Waals surface area (Å²) in [6.07, 6.45) is 1.57. The summed E-state index contributed by atoms with van der Waals surface area (Å²) in [6, 6.07) is 6.56. The van der Waals surface area contributed by atoms with Gasteiger partial charge in [-0.1, -0.05) is 24.9 Å². The van der Waals surface area contributed by atoms with E-state index in [0.717, 1.165) is 6.42 Å². The number of hydrogen-bond donors (Lipinski definition) is 1. The predicted molar refractivity (Wildman–Crippen MR) is 112 cm³/mol. The number of nitrogens with one attached hydrogen (secondary N) is 1. The van der Waals surface area contributed by atoms with Crippen LogP contribution in [0.15, 0.2) is 39.2 Å². The van der Waals surface area contributed by atoms with Gasteiger partial charge in [-0.05, 0) is 36.1 Å². The summed E-state index contributed by atoms with van der Waals surface area (Å²) in [6.45, 7) is 2.11. The minimum Gasteiger partial charge on any atom is -0.495 e. The second-order valence-electron chi connectivity index (χ2n) is 6.21. The largest absolute Gasteiger partial charge is 0.495 e. The third-order valence-corrected chi connectivity index (χ3v) is 5.50. The quantitative estimate of drug-likeness (QED) is 0.634. The summed E-state index contributed by atoms with van der Waals surface area (Å²) in [5, 5.41) is 4.83. The molecule has 3 rings (SSSR count). The smallest absolute Gasteiger partial charge is 0.332 e. The highest BCUT2D eigenvalue weighted by Crippen LogP contribution is 2.27. The number of unbranched alkanes of at least 4 members (excludes halogenated alkanes) is 1. The van der Waals surface area contributed by atoms with Gasteiger partial charge < -0.3 is 10.1 Å². The maximum atomic E-state index is 12.8. The Balaban J connectivity index is 1.92.